The van der Waals surface area contributed by atoms with Crippen molar-refractivity contribution in [1.29, 1.82) is 0 Å². The molecule has 3 fully saturated rings. The minimum atomic E-state index is 0. The fourth-order valence-corrected chi connectivity index (χ4v) is 4.49. The first-order chi connectivity index (χ1) is 11.3. The molecule has 1 amide bonds. The number of likely N-dealkylation sites (tertiary alicyclic amines) is 1. The largest absolute Gasteiger partial charge is 0.376 e. The first-order valence-electron chi connectivity index (χ1n) is 9.13. The third-order valence-corrected chi connectivity index (χ3v) is 6.14. The van der Waals surface area contributed by atoms with E-state index in [4.69, 9.17) is 9.47 Å². The van der Waals surface area contributed by atoms with Gasteiger partial charge >= 0.3 is 0 Å². The maximum Gasteiger partial charge on any atom is 0.224 e. The molecular formula is C17H31ClN2O3S. The number of nitrogens with zero attached hydrogens (tertiary/aromatic N) is 1. The fourth-order valence-electron chi connectivity index (χ4n) is 3.54. The van der Waals surface area contributed by atoms with Gasteiger partial charge in [0.25, 0.3) is 0 Å². The number of ether oxygens (including phenoxy) is 2. The Balaban J connectivity index is 0.00000208. The van der Waals surface area contributed by atoms with Gasteiger partial charge in [-0.25, -0.2) is 0 Å². The van der Waals surface area contributed by atoms with Crippen LogP contribution in [0.25, 0.3) is 0 Å². The number of amides is 1. The minimum absolute atomic E-state index is 0. The average Bonchev–Trinajstić information content (AvgIpc) is 2.62. The number of hydrogen-bond donors (Lipinski definition) is 1. The van der Waals surface area contributed by atoms with E-state index in [1.54, 1.807) is 0 Å². The molecule has 5 nitrogen and oxygen atoms in total. The van der Waals surface area contributed by atoms with Crippen LogP contribution in [-0.2, 0) is 14.3 Å². The Kier molecular flexibility index (Phi) is 9.19. The molecule has 0 aromatic heterocycles. The van der Waals surface area contributed by atoms with Crippen LogP contribution in [-0.4, -0.2) is 73.4 Å². The summed E-state index contributed by atoms with van der Waals surface area (Å²) >= 11 is 1.95. The lowest BCUT2D eigenvalue weighted by Crippen LogP contribution is -2.46. The summed E-state index contributed by atoms with van der Waals surface area (Å²) in [5, 5.41) is 3.45. The summed E-state index contributed by atoms with van der Waals surface area (Å²) < 4.78 is 11.7. The van der Waals surface area contributed by atoms with Gasteiger partial charge in [-0.1, -0.05) is 0 Å². The summed E-state index contributed by atoms with van der Waals surface area (Å²) in [7, 11) is 0. The molecule has 3 rings (SSSR count). The van der Waals surface area contributed by atoms with E-state index in [0.29, 0.717) is 30.6 Å². The molecule has 0 saturated carbocycles. The van der Waals surface area contributed by atoms with Crippen molar-refractivity contribution >= 4 is 30.1 Å². The van der Waals surface area contributed by atoms with Crippen LogP contribution in [0.5, 0.6) is 0 Å². The Morgan fingerprint density at radius 3 is 2.75 bits per heavy atom. The highest BCUT2D eigenvalue weighted by molar-refractivity contribution is 7.99. The zero-order valence-electron chi connectivity index (χ0n) is 14.4. The topological polar surface area (TPSA) is 50.8 Å². The molecule has 3 heterocycles. The van der Waals surface area contributed by atoms with Crippen molar-refractivity contribution in [3.8, 4) is 0 Å². The van der Waals surface area contributed by atoms with Crippen molar-refractivity contribution in [2.45, 2.75) is 56.8 Å². The summed E-state index contributed by atoms with van der Waals surface area (Å²) in [6, 6.07) is 0.360. The lowest BCUT2D eigenvalue weighted by atomic mass is 10.1. The highest BCUT2D eigenvalue weighted by Crippen LogP contribution is 2.19. The molecule has 0 aromatic rings. The van der Waals surface area contributed by atoms with Gasteiger partial charge in [-0.15, -0.1) is 12.4 Å². The van der Waals surface area contributed by atoms with Gasteiger partial charge in [-0.3, -0.25) is 4.79 Å². The number of rotatable bonds is 5. The molecule has 24 heavy (non-hydrogen) atoms. The SMILES string of the molecule is Cl.O=C(CC1CSCCN1)N1CCC(OCC2CCCCO2)CC1. The third kappa shape index (κ3) is 6.37. The Morgan fingerprint density at radius 1 is 1.25 bits per heavy atom. The monoisotopic (exact) mass is 378 g/mol. The highest BCUT2D eigenvalue weighted by Gasteiger charge is 2.26. The molecule has 2 atom stereocenters. The Hall–Kier alpha value is -0.0100. The van der Waals surface area contributed by atoms with Crippen LogP contribution >= 0.6 is 24.2 Å². The van der Waals surface area contributed by atoms with Gasteiger partial charge < -0.3 is 19.7 Å². The lowest BCUT2D eigenvalue weighted by molar-refractivity contribution is -0.135. The van der Waals surface area contributed by atoms with Gasteiger partial charge in [0.1, 0.15) is 0 Å². The number of carbonyl (C=O) groups excluding carboxylic acids is 1. The fraction of sp³-hybridized carbons (Fsp3) is 0.941. The molecule has 0 bridgehead atoms. The van der Waals surface area contributed by atoms with E-state index in [1.165, 1.54) is 12.8 Å². The number of thioether (sulfide) groups is 1. The minimum Gasteiger partial charge on any atom is -0.376 e. The third-order valence-electron chi connectivity index (χ3n) is 5.01. The van der Waals surface area contributed by atoms with Crippen molar-refractivity contribution in [2.75, 3.05) is 44.4 Å². The molecule has 3 aliphatic heterocycles. The summed E-state index contributed by atoms with van der Waals surface area (Å²) in [5.74, 6) is 2.53. The molecule has 0 aromatic carbocycles. The number of halogens is 1. The van der Waals surface area contributed by atoms with Crippen molar-refractivity contribution in [2.24, 2.45) is 0 Å². The molecule has 2 unspecified atom stereocenters. The Bertz CT molecular complexity index is 369. The zero-order chi connectivity index (χ0) is 15.9. The second kappa shape index (κ2) is 10.9. The molecule has 0 aliphatic carbocycles. The summed E-state index contributed by atoms with van der Waals surface area (Å²) in [4.78, 5) is 14.4. The van der Waals surface area contributed by atoms with E-state index < -0.39 is 0 Å². The summed E-state index contributed by atoms with van der Waals surface area (Å²) in [6.45, 7) is 4.32. The maximum atomic E-state index is 12.4. The van der Waals surface area contributed by atoms with Gasteiger partial charge in [0.05, 0.1) is 18.8 Å². The van der Waals surface area contributed by atoms with Gasteiger partial charge in [-0.05, 0) is 32.1 Å². The van der Waals surface area contributed by atoms with Crippen LogP contribution in [0.3, 0.4) is 0 Å². The van der Waals surface area contributed by atoms with Crippen molar-refractivity contribution in [3.63, 3.8) is 0 Å². The van der Waals surface area contributed by atoms with Crippen LogP contribution in [0.2, 0.25) is 0 Å². The van der Waals surface area contributed by atoms with Crippen LogP contribution in [0, 0.1) is 0 Å². The zero-order valence-corrected chi connectivity index (χ0v) is 16.0. The van der Waals surface area contributed by atoms with Crippen molar-refractivity contribution in [3.05, 3.63) is 0 Å². The predicted molar refractivity (Wildman–Crippen MR) is 100 cm³/mol. The molecule has 140 valence electrons. The van der Waals surface area contributed by atoms with Crippen molar-refractivity contribution in [1.82, 2.24) is 10.2 Å². The summed E-state index contributed by atoms with van der Waals surface area (Å²) in [6.07, 6.45) is 6.74. The normalized spacial score (nSPS) is 29.1. The van der Waals surface area contributed by atoms with E-state index in [2.05, 4.69) is 5.32 Å². The second-order valence-corrected chi connectivity index (χ2v) is 7.98. The molecular weight excluding hydrogens is 348 g/mol. The van der Waals surface area contributed by atoms with E-state index in [1.807, 2.05) is 16.7 Å². The summed E-state index contributed by atoms with van der Waals surface area (Å²) in [5.41, 5.74) is 0. The highest BCUT2D eigenvalue weighted by atomic mass is 35.5. The molecule has 3 aliphatic rings. The van der Waals surface area contributed by atoms with Gasteiger partial charge in [0.15, 0.2) is 0 Å². The number of nitrogens with one attached hydrogen (secondary N) is 1. The first-order valence-corrected chi connectivity index (χ1v) is 10.3. The smallest absolute Gasteiger partial charge is 0.224 e. The van der Waals surface area contributed by atoms with E-state index >= 15 is 0 Å². The van der Waals surface area contributed by atoms with E-state index in [-0.39, 0.29) is 12.4 Å². The van der Waals surface area contributed by atoms with Gasteiger partial charge in [0.2, 0.25) is 5.91 Å². The predicted octanol–water partition coefficient (Wildman–Crippen LogP) is 2.08. The van der Waals surface area contributed by atoms with E-state index in [9.17, 15) is 4.79 Å². The lowest BCUT2D eigenvalue weighted by Gasteiger charge is -2.34. The quantitative estimate of drug-likeness (QED) is 0.793. The Morgan fingerprint density at radius 2 is 2.08 bits per heavy atom. The molecule has 0 spiro atoms. The number of hydrogen-bond acceptors (Lipinski definition) is 5. The van der Waals surface area contributed by atoms with Crippen LogP contribution < -0.4 is 5.32 Å². The maximum absolute atomic E-state index is 12.4. The first kappa shape index (κ1) is 20.3. The van der Waals surface area contributed by atoms with E-state index in [0.717, 1.165) is 63.6 Å². The number of carbonyl (C=O) groups is 1. The molecule has 1 N–H and O–H groups in total. The Labute approximate surface area is 156 Å². The average molecular weight is 379 g/mol. The van der Waals surface area contributed by atoms with Crippen LogP contribution in [0.1, 0.15) is 38.5 Å². The molecule has 0 radical (unpaired) electrons. The van der Waals surface area contributed by atoms with Crippen molar-refractivity contribution < 1.29 is 14.3 Å². The molecule has 3 saturated heterocycles. The molecule has 7 heteroatoms. The van der Waals surface area contributed by atoms with Crippen LogP contribution in [0.4, 0.5) is 0 Å². The van der Waals surface area contributed by atoms with Gasteiger partial charge in [-0.2, -0.15) is 11.8 Å². The standard InChI is InChI=1S/C17H30N2O3S.ClH/c20-17(11-14-13-23-10-6-18-14)19-7-4-15(5-8-19)22-12-16-3-1-2-9-21-16;/h14-16,18H,1-13H2;1H. The van der Waals surface area contributed by atoms with Gasteiger partial charge in [0, 0.05) is 50.2 Å². The van der Waals surface area contributed by atoms with Crippen LogP contribution in [0.15, 0.2) is 0 Å². The second-order valence-electron chi connectivity index (χ2n) is 6.83. The number of piperidine rings is 1.